The molecule has 0 aromatic carbocycles. The Labute approximate surface area is 85.6 Å². The quantitative estimate of drug-likeness (QED) is 0.693. The monoisotopic (exact) mass is 225 g/mol. The number of alkyl halides is 3. The van der Waals surface area contributed by atoms with Crippen LogP contribution in [-0.2, 0) is 4.79 Å². The minimum absolute atomic E-state index is 0.221. The van der Waals surface area contributed by atoms with Gasteiger partial charge in [0, 0.05) is 13.1 Å². The number of carbonyl (C=O) groups excluding carboxylic acids is 1. The van der Waals surface area contributed by atoms with Gasteiger partial charge in [0.05, 0.1) is 6.54 Å². The molecule has 7 heteroatoms. The van der Waals surface area contributed by atoms with Crippen molar-refractivity contribution in [3.8, 4) is 0 Å². The van der Waals surface area contributed by atoms with Crippen LogP contribution in [0, 0.1) is 0 Å². The molecule has 1 amide bonds. The molecule has 1 aliphatic heterocycles. The van der Waals surface area contributed by atoms with Gasteiger partial charge in [0.2, 0.25) is 5.91 Å². The number of halogens is 3. The molecule has 1 fully saturated rings. The molecule has 88 valence electrons. The topological polar surface area (TPSA) is 58.4 Å². The smallest absolute Gasteiger partial charge is 0.368 e. The molecule has 0 aromatic heterocycles. The van der Waals surface area contributed by atoms with Crippen molar-refractivity contribution in [2.24, 2.45) is 5.73 Å². The van der Waals surface area contributed by atoms with E-state index in [1.807, 2.05) is 0 Å². The standard InChI is InChI=1S/C8H14F3N3O/c1-14-3-2-7(5-14,6(12)15)13-4-8(9,10)11/h13H,2-5H2,1H3,(H2,12,15). The minimum Gasteiger partial charge on any atom is -0.368 e. The van der Waals surface area contributed by atoms with Gasteiger partial charge in [-0.05, 0) is 13.5 Å². The number of rotatable bonds is 3. The van der Waals surface area contributed by atoms with E-state index in [1.54, 1.807) is 11.9 Å². The maximum Gasteiger partial charge on any atom is 0.401 e. The minimum atomic E-state index is -4.33. The van der Waals surface area contributed by atoms with E-state index in [9.17, 15) is 18.0 Å². The number of carbonyl (C=O) groups is 1. The van der Waals surface area contributed by atoms with Gasteiger partial charge >= 0.3 is 6.18 Å². The van der Waals surface area contributed by atoms with Gasteiger partial charge in [0.15, 0.2) is 0 Å². The van der Waals surface area contributed by atoms with Gasteiger partial charge in [-0.15, -0.1) is 0 Å². The van der Waals surface area contributed by atoms with Crippen LogP contribution < -0.4 is 11.1 Å². The van der Waals surface area contributed by atoms with Gasteiger partial charge in [-0.2, -0.15) is 13.2 Å². The summed E-state index contributed by atoms with van der Waals surface area (Å²) in [5.74, 6) is -0.726. The van der Waals surface area contributed by atoms with E-state index in [0.717, 1.165) is 0 Å². The Kier molecular flexibility index (Phi) is 3.25. The lowest BCUT2D eigenvalue weighted by Gasteiger charge is -2.27. The number of nitrogens with zero attached hydrogens (tertiary/aromatic N) is 1. The third kappa shape index (κ3) is 3.07. The first-order valence-electron chi connectivity index (χ1n) is 4.55. The third-order valence-electron chi connectivity index (χ3n) is 2.56. The lowest BCUT2D eigenvalue weighted by Crippen LogP contribution is -2.58. The molecule has 1 atom stereocenters. The molecule has 4 nitrogen and oxygen atoms in total. The van der Waals surface area contributed by atoms with Crippen molar-refractivity contribution < 1.29 is 18.0 Å². The normalized spacial score (nSPS) is 28.3. The summed E-state index contributed by atoms with van der Waals surface area (Å²) in [6.45, 7) is -0.407. The Morgan fingerprint density at radius 2 is 2.20 bits per heavy atom. The molecule has 0 aliphatic carbocycles. The van der Waals surface area contributed by atoms with Gasteiger partial charge in [-0.3, -0.25) is 10.1 Å². The van der Waals surface area contributed by atoms with Crippen molar-refractivity contribution in [2.75, 3.05) is 26.7 Å². The molecule has 0 radical (unpaired) electrons. The second-order valence-electron chi connectivity index (χ2n) is 3.90. The van der Waals surface area contributed by atoms with E-state index >= 15 is 0 Å². The maximum atomic E-state index is 12.0. The zero-order chi connectivity index (χ0) is 11.7. The molecule has 1 saturated heterocycles. The average molecular weight is 225 g/mol. The summed E-state index contributed by atoms with van der Waals surface area (Å²) >= 11 is 0. The highest BCUT2D eigenvalue weighted by Crippen LogP contribution is 2.22. The molecule has 0 aromatic rings. The first-order valence-corrected chi connectivity index (χ1v) is 4.55. The summed E-state index contributed by atoms with van der Waals surface area (Å²) in [6.07, 6.45) is -4.02. The van der Waals surface area contributed by atoms with Crippen LogP contribution >= 0.6 is 0 Å². The molecular formula is C8H14F3N3O. The van der Waals surface area contributed by atoms with Crippen molar-refractivity contribution in [2.45, 2.75) is 18.1 Å². The van der Waals surface area contributed by atoms with Crippen LogP contribution in [0.2, 0.25) is 0 Å². The van der Waals surface area contributed by atoms with Crippen LogP contribution in [0.1, 0.15) is 6.42 Å². The first-order chi connectivity index (χ1) is 6.75. The number of likely N-dealkylation sites (tertiary alicyclic amines) is 1. The van der Waals surface area contributed by atoms with Crippen LogP contribution in [0.25, 0.3) is 0 Å². The van der Waals surface area contributed by atoms with E-state index in [2.05, 4.69) is 5.32 Å². The van der Waals surface area contributed by atoms with Gasteiger partial charge < -0.3 is 10.6 Å². The van der Waals surface area contributed by atoms with Gasteiger partial charge in [0.25, 0.3) is 0 Å². The Hall–Kier alpha value is -0.820. The zero-order valence-corrected chi connectivity index (χ0v) is 8.40. The summed E-state index contributed by atoms with van der Waals surface area (Å²) in [6, 6.07) is 0. The highest BCUT2D eigenvalue weighted by molar-refractivity contribution is 5.85. The average Bonchev–Trinajstić information content (AvgIpc) is 2.44. The second-order valence-corrected chi connectivity index (χ2v) is 3.90. The molecule has 1 aliphatic rings. The fourth-order valence-corrected chi connectivity index (χ4v) is 1.70. The summed E-state index contributed by atoms with van der Waals surface area (Å²) in [7, 11) is 1.74. The third-order valence-corrected chi connectivity index (χ3v) is 2.56. The van der Waals surface area contributed by atoms with Crippen molar-refractivity contribution in [3.63, 3.8) is 0 Å². The molecule has 0 bridgehead atoms. The van der Waals surface area contributed by atoms with Crippen LogP contribution in [0.15, 0.2) is 0 Å². The number of likely N-dealkylation sites (N-methyl/N-ethyl adjacent to an activating group) is 1. The molecule has 3 N–H and O–H groups in total. The van der Waals surface area contributed by atoms with Crippen molar-refractivity contribution >= 4 is 5.91 Å². The number of amides is 1. The molecule has 1 unspecified atom stereocenters. The lowest BCUT2D eigenvalue weighted by atomic mass is 9.98. The number of primary amides is 1. The fraction of sp³-hybridized carbons (Fsp3) is 0.875. The molecule has 15 heavy (non-hydrogen) atoms. The molecular weight excluding hydrogens is 211 g/mol. The first kappa shape index (κ1) is 12.3. The van der Waals surface area contributed by atoms with Crippen molar-refractivity contribution in [3.05, 3.63) is 0 Å². The van der Waals surface area contributed by atoms with E-state index < -0.39 is 24.2 Å². The lowest BCUT2D eigenvalue weighted by molar-refractivity contribution is -0.135. The zero-order valence-electron chi connectivity index (χ0n) is 8.40. The molecule has 0 spiro atoms. The summed E-state index contributed by atoms with van der Waals surface area (Å²) in [5.41, 5.74) is 3.90. The van der Waals surface area contributed by atoms with Crippen molar-refractivity contribution in [1.29, 1.82) is 0 Å². The number of nitrogens with one attached hydrogen (secondary N) is 1. The summed E-state index contributed by atoms with van der Waals surface area (Å²) in [4.78, 5) is 12.9. The van der Waals surface area contributed by atoms with Crippen LogP contribution in [-0.4, -0.2) is 49.2 Å². The predicted molar refractivity (Wildman–Crippen MR) is 48.1 cm³/mol. The van der Waals surface area contributed by atoms with E-state index in [-0.39, 0.29) is 6.54 Å². The summed E-state index contributed by atoms with van der Waals surface area (Å²) < 4.78 is 36.0. The highest BCUT2D eigenvalue weighted by atomic mass is 19.4. The van der Waals surface area contributed by atoms with Crippen LogP contribution in [0.5, 0.6) is 0 Å². The number of hydrogen-bond acceptors (Lipinski definition) is 3. The van der Waals surface area contributed by atoms with Crippen LogP contribution in [0.4, 0.5) is 13.2 Å². The summed E-state index contributed by atoms with van der Waals surface area (Å²) in [5, 5.41) is 2.22. The SMILES string of the molecule is CN1CCC(NCC(F)(F)F)(C(N)=O)C1. The number of nitrogens with two attached hydrogens (primary N) is 1. The van der Waals surface area contributed by atoms with Crippen LogP contribution in [0.3, 0.4) is 0 Å². The Balaban J connectivity index is 2.64. The van der Waals surface area contributed by atoms with E-state index in [4.69, 9.17) is 5.73 Å². The Morgan fingerprint density at radius 3 is 2.53 bits per heavy atom. The number of hydrogen-bond donors (Lipinski definition) is 2. The fourth-order valence-electron chi connectivity index (χ4n) is 1.70. The molecule has 1 rings (SSSR count). The largest absolute Gasteiger partial charge is 0.401 e. The van der Waals surface area contributed by atoms with Gasteiger partial charge in [-0.1, -0.05) is 0 Å². The van der Waals surface area contributed by atoms with Gasteiger partial charge in [-0.25, -0.2) is 0 Å². The Morgan fingerprint density at radius 1 is 1.60 bits per heavy atom. The molecule has 0 saturated carbocycles. The molecule has 1 heterocycles. The van der Waals surface area contributed by atoms with Gasteiger partial charge in [0.1, 0.15) is 5.54 Å². The van der Waals surface area contributed by atoms with E-state index in [0.29, 0.717) is 13.0 Å². The van der Waals surface area contributed by atoms with E-state index in [1.165, 1.54) is 0 Å². The van der Waals surface area contributed by atoms with Crippen molar-refractivity contribution in [1.82, 2.24) is 10.2 Å². The second kappa shape index (κ2) is 3.97. The maximum absolute atomic E-state index is 12.0. The predicted octanol–water partition coefficient (Wildman–Crippen LogP) is -0.302. The highest BCUT2D eigenvalue weighted by Gasteiger charge is 2.44. The Bertz CT molecular complexity index is 256.